The van der Waals surface area contributed by atoms with Crippen LogP contribution in [0.5, 0.6) is 0 Å². The second kappa shape index (κ2) is 7.97. The van der Waals surface area contributed by atoms with Gasteiger partial charge in [-0.05, 0) is 38.0 Å². The van der Waals surface area contributed by atoms with Crippen LogP contribution in [0.25, 0.3) is 5.69 Å². The van der Waals surface area contributed by atoms with Gasteiger partial charge in [0.2, 0.25) is 5.91 Å². The van der Waals surface area contributed by atoms with E-state index in [2.05, 4.69) is 15.5 Å². The van der Waals surface area contributed by atoms with Crippen molar-refractivity contribution in [3.63, 3.8) is 0 Å². The summed E-state index contributed by atoms with van der Waals surface area (Å²) in [6, 6.07) is 7.42. The fourth-order valence-corrected chi connectivity index (χ4v) is 3.65. The molecule has 3 aromatic rings. The van der Waals surface area contributed by atoms with Crippen LogP contribution in [0, 0.1) is 13.8 Å². The van der Waals surface area contributed by atoms with Gasteiger partial charge >= 0.3 is 0 Å². The second-order valence-electron chi connectivity index (χ2n) is 5.79. The number of aromatic nitrogens is 3. The summed E-state index contributed by atoms with van der Waals surface area (Å²) in [7, 11) is 0. The highest BCUT2D eigenvalue weighted by atomic mass is 35.5. The van der Waals surface area contributed by atoms with E-state index in [0.29, 0.717) is 23.0 Å². The largest absolute Gasteiger partial charge is 0.360 e. The van der Waals surface area contributed by atoms with Crippen molar-refractivity contribution in [1.29, 1.82) is 0 Å². The van der Waals surface area contributed by atoms with Crippen LogP contribution in [0.2, 0.25) is 5.02 Å². The summed E-state index contributed by atoms with van der Waals surface area (Å²) in [5.41, 5.74) is 1.91. The first-order valence-electron chi connectivity index (χ1n) is 8.19. The summed E-state index contributed by atoms with van der Waals surface area (Å²) in [6.45, 7) is 5.70. The molecule has 0 fully saturated rings. The molecule has 1 unspecified atom stereocenters. The molecule has 1 N–H and O–H groups in total. The number of carbonyl (C=O) groups excluding carboxylic acids is 1. The molecule has 0 aliphatic rings. The van der Waals surface area contributed by atoms with E-state index in [1.807, 2.05) is 42.8 Å². The molecule has 0 bridgehead atoms. The van der Waals surface area contributed by atoms with Gasteiger partial charge in [0.05, 0.1) is 10.9 Å². The maximum atomic E-state index is 12.6. The van der Waals surface area contributed by atoms with Gasteiger partial charge in [0, 0.05) is 23.5 Å². The summed E-state index contributed by atoms with van der Waals surface area (Å²) in [6.07, 6.45) is 4.23. The van der Waals surface area contributed by atoms with Crippen molar-refractivity contribution in [2.75, 3.05) is 5.32 Å². The van der Waals surface area contributed by atoms with Crippen molar-refractivity contribution in [2.45, 2.75) is 37.6 Å². The van der Waals surface area contributed by atoms with E-state index in [0.717, 1.165) is 16.4 Å². The number of nitrogens with one attached hydrogen (secondary N) is 1. The zero-order valence-electron chi connectivity index (χ0n) is 14.7. The molecule has 2 heterocycles. The van der Waals surface area contributed by atoms with E-state index in [4.69, 9.17) is 16.1 Å². The second-order valence-corrected chi connectivity index (χ2v) is 7.37. The average Bonchev–Trinajstić information content (AvgIpc) is 3.24. The molecule has 0 radical (unpaired) electrons. The van der Waals surface area contributed by atoms with E-state index in [-0.39, 0.29) is 11.2 Å². The fourth-order valence-electron chi connectivity index (χ4n) is 2.50. The van der Waals surface area contributed by atoms with Gasteiger partial charge in [-0.1, -0.05) is 41.5 Å². The topological polar surface area (TPSA) is 73.0 Å². The fraction of sp³-hybridized carbons (Fsp3) is 0.278. The number of hydrogen-bond donors (Lipinski definition) is 1. The highest BCUT2D eigenvalue weighted by Gasteiger charge is 2.22. The SMILES string of the molecule is CCC(Sc1nccn1-c1cccc(Cl)c1C)C(=O)Nc1cc(C)on1. The Hall–Kier alpha value is -2.25. The van der Waals surface area contributed by atoms with Crippen LogP contribution in [0.1, 0.15) is 24.7 Å². The average molecular weight is 391 g/mol. The molecule has 0 saturated carbocycles. The van der Waals surface area contributed by atoms with Crippen molar-refractivity contribution in [1.82, 2.24) is 14.7 Å². The standard InChI is InChI=1S/C18H19ClN4O2S/c1-4-15(17(24)21-16-10-11(2)25-22-16)26-18-20-8-9-23(18)14-7-5-6-13(19)12(14)3/h5-10,15H,4H2,1-3H3,(H,21,22,24). The van der Waals surface area contributed by atoms with Gasteiger partial charge < -0.3 is 9.84 Å². The maximum Gasteiger partial charge on any atom is 0.239 e. The van der Waals surface area contributed by atoms with Crippen LogP contribution in [-0.4, -0.2) is 25.9 Å². The van der Waals surface area contributed by atoms with E-state index in [9.17, 15) is 4.79 Å². The Balaban J connectivity index is 1.80. The van der Waals surface area contributed by atoms with Gasteiger partial charge in [-0.15, -0.1) is 0 Å². The molecule has 0 aliphatic heterocycles. The Morgan fingerprint density at radius 1 is 1.42 bits per heavy atom. The molecule has 0 aliphatic carbocycles. The zero-order chi connectivity index (χ0) is 18.7. The Bertz CT molecular complexity index is 922. The lowest BCUT2D eigenvalue weighted by Gasteiger charge is -2.15. The van der Waals surface area contributed by atoms with Crippen LogP contribution < -0.4 is 5.32 Å². The predicted molar refractivity (Wildman–Crippen MR) is 103 cm³/mol. The molecule has 0 saturated heterocycles. The zero-order valence-corrected chi connectivity index (χ0v) is 16.3. The molecule has 136 valence electrons. The summed E-state index contributed by atoms with van der Waals surface area (Å²) >= 11 is 7.64. The monoisotopic (exact) mass is 390 g/mol. The summed E-state index contributed by atoms with van der Waals surface area (Å²) in [5, 5.41) is 7.70. The van der Waals surface area contributed by atoms with E-state index >= 15 is 0 Å². The van der Waals surface area contributed by atoms with Gasteiger partial charge in [-0.3, -0.25) is 9.36 Å². The summed E-state index contributed by atoms with van der Waals surface area (Å²) < 4.78 is 6.93. The molecular formula is C18H19ClN4O2S. The molecule has 1 amide bonds. The Morgan fingerprint density at radius 3 is 2.92 bits per heavy atom. The van der Waals surface area contributed by atoms with Crippen molar-refractivity contribution >= 4 is 35.1 Å². The quantitative estimate of drug-likeness (QED) is 0.620. The third-order valence-corrected chi connectivity index (χ3v) is 5.65. The number of thioether (sulfide) groups is 1. The van der Waals surface area contributed by atoms with Crippen molar-refractivity contribution in [2.24, 2.45) is 0 Å². The Morgan fingerprint density at radius 2 is 2.23 bits per heavy atom. The summed E-state index contributed by atoms with van der Waals surface area (Å²) in [5.74, 6) is 0.928. The molecule has 8 heteroatoms. The number of benzene rings is 1. The minimum absolute atomic E-state index is 0.136. The molecule has 0 spiro atoms. The number of amides is 1. The van der Waals surface area contributed by atoms with Crippen molar-refractivity contribution in [3.8, 4) is 5.69 Å². The highest BCUT2D eigenvalue weighted by molar-refractivity contribution is 8.00. The summed E-state index contributed by atoms with van der Waals surface area (Å²) in [4.78, 5) is 17.0. The number of halogens is 1. The smallest absolute Gasteiger partial charge is 0.239 e. The molecule has 6 nitrogen and oxygen atoms in total. The molecular weight excluding hydrogens is 372 g/mol. The molecule has 2 aromatic heterocycles. The van der Waals surface area contributed by atoms with Crippen LogP contribution in [0.4, 0.5) is 5.82 Å². The molecule has 1 atom stereocenters. The minimum atomic E-state index is -0.312. The number of imidazole rings is 1. The highest BCUT2D eigenvalue weighted by Crippen LogP contribution is 2.30. The van der Waals surface area contributed by atoms with Gasteiger partial charge in [0.15, 0.2) is 11.0 Å². The first-order valence-corrected chi connectivity index (χ1v) is 9.45. The van der Waals surface area contributed by atoms with E-state index in [1.165, 1.54) is 11.8 Å². The number of hydrogen-bond acceptors (Lipinski definition) is 5. The predicted octanol–water partition coefficient (Wildman–Crippen LogP) is 4.64. The lowest BCUT2D eigenvalue weighted by atomic mass is 10.2. The van der Waals surface area contributed by atoms with E-state index < -0.39 is 0 Å². The lowest BCUT2D eigenvalue weighted by molar-refractivity contribution is -0.115. The van der Waals surface area contributed by atoms with Crippen LogP contribution in [0.3, 0.4) is 0 Å². The Labute approximate surface area is 160 Å². The normalized spacial score (nSPS) is 12.2. The maximum absolute atomic E-state index is 12.6. The lowest BCUT2D eigenvalue weighted by Crippen LogP contribution is -2.25. The minimum Gasteiger partial charge on any atom is -0.360 e. The molecule has 3 rings (SSSR count). The molecule has 1 aromatic carbocycles. The van der Waals surface area contributed by atoms with Gasteiger partial charge in [-0.2, -0.15) is 0 Å². The first kappa shape index (κ1) is 18.5. The Kier molecular flexibility index (Phi) is 5.68. The first-order chi connectivity index (χ1) is 12.5. The van der Waals surface area contributed by atoms with Gasteiger partial charge in [0.1, 0.15) is 5.76 Å². The van der Waals surface area contributed by atoms with Crippen LogP contribution in [0.15, 0.2) is 46.3 Å². The van der Waals surface area contributed by atoms with Gasteiger partial charge in [-0.25, -0.2) is 4.98 Å². The number of anilines is 1. The number of carbonyl (C=O) groups is 1. The van der Waals surface area contributed by atoms with Crippen LogP contribution in [-0.2, 0) is 4.79 Å². The molecule has 26 heavy (non-hydrogen) atoms. The van der Waals surface area contributed by atoms with Crippen LogP contribution >= 0.6 is 23.4 Å². The third-order valence-electron chi connectivity index (χ3n) is 3.90. The number of rotatable bonds is 6. The van der Waals surface area contributed by atoms with Crippen molar-refractivity contribution < 1.29 is 9.32 Å². The van der Waals surface area contributed by atoms with Crippen molar-refractivity contribution in [3.05, 3.63) is 53.0 Å². The van der Waals surface area contributed by atoms with E-state index in [1.54, 1.807) is 19.2 Å². The number of nitrogens with zero attached hydrogens (tertiary/aromatic N) is 3. The third kappa shape index (κ3) is 3.94. The van der Waals surface area contributed by atoms with Gasteiger partial charge in [0.25, 0.3) is 0 Å². The number of aryl methyl sites for hydroxylation is 1.